The van der Waals surface area contributed by atoms with E-state index in [9.17, 15) is 13.5 Å². The van der Waals surface area contributed by atoms with Crippen molar-refractivity contribution >= 4 is 9.84 Å². The lowest BCUT2D eigenvalue weighted by molar-refractivity contribution is 0.0915. The third-order valence-corrected chi connectivity index (χ3v) is 5.21. The Labute approximate surface area is 98.4 Å². The molecule has 1 aliphatic heterocycles. The molecule has 0 bridgehead atoms. The van der Waals surface area contributed by atoms with E-state index in [1.807, 2.05) is 6.92 Å². The van der Waals surface area contributed by atoms with E-state index in [1.165, 1.54) is 0 Å². The molecule has 0 radical (unpaired) electrons. The Balaban J connectivity index is 2.50. The molecule has 0 aromatic carbocycles. The summed E-state index contributed by atoms with van der Waals surface area (Å²) in [4.78, 5) is 0. The van der Waals surface area contributed by atoms with Gasteiger partial charge in [0.1, 0.15) is 9.84 Å². The van der Waals surface area contributed by atoms with Crippen molar-refractivity contribution < 1.29 is 13.5 Å². The molecule has 4 nitrogen and oxygen atoms in total. The molecule has 96 valence electrons. The first kappa shape index (κ1) is 13.9. The molecule has 1 saturated heterocycles. The largest absolute Gasteiger partial charge is 0.396 e. The third-order valence-electron chi connectivity index (χ3n) is 3.35. The first-order valence-electron chi connectivity index (χ1n) is 6.06. The van der Waals surface area contributed by atoms with Crippen molar-refractivity contribution in [3.8, 4) is 0 Å². The highest BCUT2D eigenvalue weighted by molar-refractivity contribution is 7.91. The fourth-order valence-corrected chi connectivity index (χ4v) is 3.81. The Hall–Kier alpha value is -0.130. The summed E-state index contributed by atoms with van der Waals surface area (Å²) < 4.78 is 23.3. The quantitative estimate of drug-likeness (QED) is 0.722. The van der Waals surface area contributed by atoms with Gasteiger partial charge in [0, 0.05) is 24.3 Å². The van der Waals surface area contributed by atoms with Crippen LogP contribution in [0.4, 0.5) is 0 Å². The second-order valence-electron chi connectivity index (χ2n) is 4.84. The van der Waals surface area contributed by atoms with Crippen LogP contribution in [0.1, 0.15) is 32.6 Å². The van der Waals surface area contributed by atoms with Gasteiger partial charge < -0.3 is 10.4 Å². The van der Waals surface area contributed by atoms with Crippen molar-refractivity contribution in [2.24, 2.45) is 5.41 Å². The van der Waals surface area contributed by atoms with Crippen molar-refractivity contribution in [2.45, 2.75) is 32.6 Å². The molecule has 1 rings (SSSR count). The summed E-state index contributed by atoms with van der Waals surface area (Å²) >= 11 is 0. The van der Waals surface area contributed by atoms with Gasteiger partial charge in [-0.3, -0.25) is 0 Å². The molecule has 0 saturated carbocycles. The lowest BCUT2D eigenvalue weighted by Crippen LogP contribution is -2.43. The molecule has 0 aliphatic carbocycles. The van der Waals surface area contributed by atoms with Gasteiger partial charge in [-0.05, 0) is 32.2 Å². The second-order valence-corrected chi connectivity index (χ2v) is 7.14. The molecule has 0 amide bonds. The molecule has 1 aliphatic rings. The van der Waals surface area contributed by atoms with E-state index in [4.69, 9.17) is 0 Å². The van der Waals surface area contributed by atoms with E-state index in [0.717, 1.165) is 25.9 Å². The molecule has 1 fully saturated rings. The van der Waals surface area contributed by atoms with Crippen LogP contribution in [0.3, 0.4) is 0 Å². The van der Waals surface area contributed by atoms with Crippen LogP contribution in [0.5, 0.6) is 0 Å². The Kier molecular flexibility index (Phi) is 5.21. The molecule has 1 heterocycles. The highest BCUT2D eigenvalue weighted by Crippen LogP contribution is 2.30. The minimum Gasteiger partial charge on any atom is -0.396 e. The van der Waals surface area contributed by atoms with Crippen LogP contribution in [0.15, 0.2) is 0 Å². The summed E-state index contributed by atoms with van der Waals surface area (Å²) in [5.74, 6) is 0.477. The van der Waals surface area contributed by atoms with Crippen molar-refractivity contribution in [2.75, 3.05) is 31.2 Å². The number of aliphatic hydroxyl groups is 1. The van der Waals surface area contributed by atoms with E-state index in [-0.39, 0.29) is 23.5 Å². The smallest absolute Gasteiger partial charge is 0.150 e. The highest BCUT2D eigenvalue weighted by atomic mass is 32.2. The molecular formula is C11H23NO3S. The summed E-state index contributed by atoms with van der Waals surface area (Å²) in [5, 5.41) is 12.7. The molecule has 16 heavy (non-hydrogen) atoms. The van der Waals surface area contributed by atoms with Crippen LogP contribution in [0, 0.1) is 5.41 Å². The van der Waals surface area contributed by atoms with Gasteiger partial charge in [-0.1, -0.05) is 6.92 Å². The zero-order valence-electron chi connectivity index (χ0n) is 10.0. The van der Waals surface area contributed by atoms with E-state index in [1.54, 1.807) is 0 Å². The zero-order chi connectivity index (χ0) is 12.1. The van der Waals surface area contributed by atoms with Gasteiger partial charge in [-0.2, -0.15) is 0 Å². The average Bonchev–Trinajstić information content (AvgIpc) is 2.28. The monoisotopic (exact) mass is 249 g/mol. The van der Waals surface area contributed by atoms with Gasteiger partial charge in [0.05, 0.1) is 5.75 Å². The van der Waals surface area contributed by atoms with Crippen LogP contribution in [0.25, 0.3) is 0 Å². The number of hydrogen-bond donors (Lipinski definition) is 2. The molecule has 0 aromatic rings. The fraction of sp³-hybridized carbons (Fsp3) is 1.00. The predicted molar refractivity (Wildman–Crippen MR) is 65.2 cm³/mol. The summed E-state index contributed by atoms with van der Waals surface area (Å²) in [6, 6.07) is 0. The molecule has 5 heteroatoms. The predicted octanol–water partition coefficient (Wildman–Crippen LogP) is 0.563. The topological polar surface area (TPSA) is 66.4 Å². The molecule has 1 atom stereocenters. The minimum absolute atomic E-state index is 0.0850. The van der Waals surface area contributed by atoms with E-state index < -0.39 is 9.84 Å². The maximum Gasteiger partial charge on any atom is 0.150 e. The van der Waals surface area contributed by atoms with Crippen LogP contribution in [0.2, 0.25) is 0 Å². The Morgan fingerprint density at radius 3 is 2.62 bits per heavy atom. The molecule has 0 aromatic heterocycles. The van der Waals surface area contributed by atoms with Gasteiger partial charge in [-0.25, -0.2) is 8.42 Å². The molecule has 2 N–H and O–H groups in total. The van der Waals surface area contributed by atoms with Crippen molar-refractivity contribution in [3.05, 3.63) is 0 Å². The number of aliphatic hydroxyl groups excluding tert-OH is 1. The lowest BCUT2D eigenvalue weighted by Gasteiger charge is -2.36. The Bertz CT molecular complexity index is 294. The fourth-order valence-electron chi connectivity index (χ4n) is 2.24. The van der Waals surface area contributed by atoms with E-state index in [0.29, 0.717) is 12.8 Å². The van der Waals surface area contributed by atoms with Crippen LogP contribution >= 0.6 is 0 Å². The minimum atomic E-state index is -2.92. The SMILES string of the molecule is CCCS(=O)(=O)CCC1(CO)CCCNC1. The first-order valence-corrected chi connectivity index (χ1v) is 7.88. The average molecular weight is 249 g/mol. The summed E-state index contributed by atoms with van der Waals surface area (Å²) in [6.45, 7) is 3.68. The molecule has 0 spiro atoms. The van der Waals surface area contributed by atoms with Crippen molar-refractivity contribution in [3.63, 3.8) is 0 Å². The Morgan fingerprint density at radius 1 is 1.38 bits per heavy atom. The van der Waals surface area contributed by atoms with Gasteiger partial charge in [0.15, 0.2) is 0 Å². The number of hydrogen-bond acceptors (Lipinski definition) is 4. The van der Waals surface area contributed by atoms with Crippen LogP contribution < -0.4 is 5.32 Å². The summed E-state index contributed by atoms with van der Waals surface area (Å²) in [6.07, 6.45) is 3.21. The van der Waals surface area contributed by atoms with E-state index >= 15 is 0 Å². The highest BCUT2D eigenvalue weighted by Gasteiger charge is 2.32. The van der Waals surface area contributed by atoms with Crippen molar-refractivity contribution in [1.82, 2.24) is 5.32 Å². The van der Waals surface area contributed by atoms with Gasteiger partial charge >= 0.3 is 0 Å². The van der Waals surface area contributed by atoms with E-state index in [2.05, 4.69) is 5.32 Å². The molecular weight excluding hydrogens is 226 g/mol. The second kappa shape index (κ2) is 5.98. The summed E-state index contributed by atoms with van der Waals surface area (Å²) in [7, 11) is -2.92. The van der Waals surface area contributed by atoms with Crippen LogP contribution in [-0.4, -0.2) is 44.7 Å². The van der Waals surface area contributed by atoms with Gasteiger partial charge in [0.25, 0.3) is 0 Å². The number of rotatable bonds is 6. The lowest BCUT2D eigenvalue weighted by atomic mass is 9.79. The van der Waals surface area contributed by atoms with Crippen molar-refractivity contribution in [1.29, 1.82) is 0 Å². The third kappa shape index (κ3) is 4.03. The first-order chi connectivity index (χ1) is 7.54. The van der Waals surface area contributed by atoms with Gasteiger partial charge in [-0.15, -0.1) is 0 Å². The maximum atomic E-state index is 11.6. The number of nitrogens with one attached hydrogen (secondary N) is 1. The zero-order valence-corrected chi connectivity index (χ0v) is 10.9. The normalized spacial score (nSPS) is 26.9. The number of piperidine rings is 1. The number of sulfone groups is 1. The van der Waals surface area contributed by atoms with Gasteiger partial charge in [0.2, 0.25) is 0 Å². The maximum absolute atomic E-state index is 11.6. The standard InChI is InChI=1S/C11H23NO3S/c1-2-7-16(14,15)8-5-11(10-13)4-3-6-12-9-11/h12-13H,2-10H2,1H3. The van der Waals surface area contributed by atoms with Crippen LogP contribution in [-0.2, 0) is 9.84 Å². The molecule has 1 unspecified atom stereocenters. The Morgan fingerprint density at radius 2 is 2.12 bits per heavy atom. The summed E-state index contributed by atoms with van der Waals surface area (Å²) in [5.41, 5.74) is -0.209.